The second kappa shape index (κ2) is 20.1. The van der Waals surface area contributed by atoms with E-state index in [4.69, 9.17) is 14.2 Å². The number of amides is 2. The highest BCUT2D eigenvalue weighted by Crippen LogP contribution is 2.25. The molecular weight excluding hydrogens is 654 g/mol. The highest BCUT2D eigenvalue weighted by molar-refractivity contribution is 5.98. The minimum atomic E-state index is -1.16. The van der Waals surface area contributed by atoms with Gasteiger partial charge < -0.3 is 40.0 Å². The fourth-order valence-electron chi connectivity index (χ4n) is 4.94. The van der Waals surface area contributed by atoms with Crippen LogP contribution in [0.5, 0.6) is 11.5 Å². The van der Waals surface area contributed by atoms with Gasteiger partial charge in [-0.25, -0.2) is 4.79 Å². The van der Waals surface area contributed by atoms with Crippen molar-refractivity contribution in [3.05, 3.63) is 126 Å². The number of carbonyl (C=O) groups excluding carboxylic acids is 4. The highest BCUT2D eigenvalue weighted by Gasteiger charge is 2.27. The van der Waals surface area contributed by atoms with E-state index in [-0.39, 0.29) is 44.8 Å². The largest absolute Gasteiger partial charge is 0.461 e. The molecule has 0 fully saturated rings. The van der Waals surface area contributed by atoms with E-state index >= 15 is 0 Å². The Labute approximate surface area is 297 Å². The quantitative estimate of drug-likeness (QED) is 0.105. The maximum absolute atomic E-state index is 13.2. The molecule has 12 heteroatoms. The third-order valence-electron chi connectivity index (χ3n) is 7.74. The smallest absolute Gasteiger partial charge is 0.328 e. The summed E-state index contributed by atoms with van der Waals surface area (Å²) in [5, 5.41) is 23.8. The van der Waals surface area contributed by atoms with Crippen LogP contribution >= 0.6 is 0 Å². The van der Waals surface area contributed by atoms with Crippen LogP contribution in [0.15, 0.2) is 109 Å². The molecule has 0 aliphatic carbocycles. The molecule has 0 heterocycles. The van der Waals surface area contributed by atoms with Gasteiger partial charge in [0.15, 0.2) is 0 Å². The number of nitrogens with one attached hydrogen (secondary N) is 2. The molecule has 0 spiro atoms. The molecule has 0 aliphatic rings. The Balaban J connectivity index is 1.31. The number of ether oxygens (including phenoxy) is 3. The van der Waals surface area contributed by atoms with Crippen LogP contribution in [0.2, 0.25) is 0 Å². The van der Waals surface area contributed by atoms with Crippen molar-refractivity contribution < 1.29 is 43.6 Å². The fraction of sp³-hybridized carbons (Fsp3) is 0.282. The van der Waals surface area contributed by atoms with Gasteiger partial charge in [-0.2, -0.15) is 0 Å². The zero-order chi connectivity index (χ0) is 36.4. The molecule has 0 aliphatic heterocycles. The second-order valence-electron chi connectivity index (χ2n) is 11.6. The Hall–Kier alpha value is -5.72. The van der Waals surface area contributed by atoms with Crippen molar-refractivity contribution in [2.75, 3.05) is 31.2 Å². The number of hydrogen-bond donors (Lipinski definition) is 4. The predicted octanol–water partition coefficient (Wildman–Crippen LogP) is 4.14. The first-order valence-electron chi connectivity index (χ1n) is 16.6. The zero-order valence-electron chi connectivity index (χ0n) is 28.4. The Morgan fingerprint density at radius 3 is 1.76 bits per heavy atom. The Morgan fingerprint density at radius 1 is 0.686 bits per heavy atom. The van der Waals surface area contributed by atoms with Gasteiger partial charge in [-0.1, -0.05) is 60.7 Å². The molecule has 0 radical (unpaired) electrons. The van der Waals surface area contributed by atoms with E-state index in [2.05, 4.69) is 10.6 Å². The van der Waals surface area contributed by atoms with Crippen LogP contribution in [0, 0.1) is 0 Å². The lowest BCUT2D eigenvalue weighted by Crippen LogP contribution is -2.50. The number of aliphatic hydroxyl groups is 2. The normalized spacial score (nSPS) is 11.8. The Bertz CT molecular complexity index is 1680. The van der Waals surface area contributed by atoms with Gasteiger partial charge in [0.05, 0.1) is 13.2 Å². The lowest BCUT2D eigenvalue weighted by molar-refractivity contribution is -0.150. The molecule has 0 unspecified atom stereocenters. The number of hydrogen-bond acceptors (Lipinski definition) is 10. The lowest BCUT2D eigenvalue weighted by Gasteiger charge is -2.23. The summed E-state index contributed by atoms with van der Waals surface area (Å²) in [5.74, 6) is -1.39. The van der Waals surface area contributed by atoms with Crippen molar-refractivity contribution in [1.82, 2.24) is 10.6 Å². The van der Waals surface area contributed by atoms with Gasteiger partial charge in [0.1, 0.15) is 36.8 Å². The second-order valence-corrected chi connectivity index (χ2v) is 11.6. The van der Waals surface area contributed by atoms with Crippen LogP contribution in [-0.4, -0.2) is 72.4 Å². The third kappa shape index (κ3) is 12.6. The molecule has 4 rings (SSSR count). The van der Waals surface area contributed by atoms with Crippen molar-refractivity contribution in [2.24, 2.45) is 0 Å². The predicted molar refractivity (Wildman–Crippen MR) is 190 cm³/mol. The van der Waals surface area contributed by atoms with Crippen LogP contribution < -0.4 is 20.3 Å². The summed E-state index contributed by atoms with van der Waals surface area (Å²) in [6, 6.07) is 29.5. The maximum atomic E-state index is 13.2. The molecule has 4 N–H and O–H groups in total. The first kappa shape index (κ1) is 38.1. The van der Waals surface area contributed by atoms with Crippen LogP contribution in [0.1, 0.15) is 41.3 Å². The van der Waals surface area contributed by atoms with E-state index in [0.29, 0.717) is 24.6 Å². The molecule has 0 saturated heterocycles. The van der Waals surface area contributed by atoms with Crippen LogP contribution in [0.25, 0.3) is 0 Å². The van der Waals surface area contributed by atoms with Gasteiger partial charge in [-0.15, -0.1) is 0 Å². The molecular formula is C39H43N3O9. The van der Waals surface area contributed by atoms with E-state index in [1.165, 1.54) is 6.92 Å². The SMILES string of the molecule is C[C@H](NC(=O)c1ccc(Oc2ccc(N(CCO)CCO)cc2)cc1)C(=O)N[C@@H](CCC(=O)OCc1ccccc1)C(=O)OCc1ccccc1. The van der Waals surface area contributed by atoms with E-state index in [0.717, 1.165) is 16.8 Å². The topological polar surface area (TPSA) is 164 Å². The summed E-state index contributed by atoms with van der Waals surface area (Å²) in [7, 11) is 0. The van der Waals surface area contributed by atoms with Crippen molar-refractivity contribution in [3.63, 3.8) is 0 Å². The highest BCUT2D eigenvalue weighted by atomic mass is 16.5. The van der Waals surface area contributed by atoms with Gasteiger partial charge in [-0.3, -0.25) is 14.4 Å². The van der Waals surface area contributed by atoms with E-state index in [9.17, 15) is 29.4 Å². The minimum absolute atomic E-state index is 0.0182. The van der Waals surface area contributed by atoms with Gasteiger partial charge >= 0.3 is 11.9 Å². The summed E-state index contributed by atoms with van der Waals surface area (Å²) in [6.07, 6.45) is -0.217. The number of esters is 2. The lowest BCUT2D eigenvalue weighted by atomic mass is 10.1. The van der Waals surface area contributed by atoms with Crippen LogP contribution in [0.4, 0.5) is 5.69 Å². The molecule has 0 saturated carbocycles. The first-order chi connectivity index (χ1) is 24.7. The molecule has 2 amide bonds. The van der Waals surface area contributed by atoms with E-state index < -0.39 is 35.8 Å². The third-order valence-corrected chi connectivity index (χ3v) is 7.74. The molecule has 4 aromatic carbocycles. The zero-order valence-corrected chi connectivity index (χ0v) is 28.4. The van der Waals surface area contributed by atoms with Crippen molar-refractivity contribution in [1.29, 1.82) is 0 Å². The summed E-state index contributed by atoms with van der Waals surface area (Å²) < 4.78 is 16.7. The standard InChI is InChI=1S/C39H43N3O9/c1-28(40-38(47)31-12-16-33(17-13-31)51-34-18-14-32(15-19-34)42(22-24-43)23-25-44)37(46)41-35(39(48)50-27-30-10-6-3-7-11-30)20-21-36(45)49-26-29-8-4-2-5-9-29/h2-19,28,35,43-44H,20-27H2,1H3,(H,40,47)(H,41,46)/t28-,35-/m0/s1. The van der Waals surface area contributed by atoms with Crippen LogP contribution in [-0.2, 0) is 37.1 Å². The number of rotatable bonds is 19. The number of benzene rings is 4. The molecule has 12 nitrogen and oxygen atoms in total. The number of nitrogens with zero attached hydrogens (tertiary/aromatic N) is 1. The van der Waals surface area contributed by atoms with Crippen molar-refractivity contribution in [2.45, 2.75) is 45.1 Å². The first-order valence-corrected chi connectivity index (χ1v) is 16.6. The van der Waals surface area contributed by atoms with Gasteiger partial charge in [0, 0.05) is 30.8 Å². The summed E-state index contributed by atoms with van der Waals surface area (Å²) in [6.45, 7) is 2.24. The number of carbonyl (C=O) groups is 4. The number of aliphatic hydroxyl groups excluding tert-OH is 2. The molecule has 4 aromatic rings. The summed E-state index contributed by atoms with van der Waals surface area (Å²) >= 11 is 0. The molecule has 2 atom stereocenters. The minimum Gasteiger partial charge on any atom is -0.461 e. The molecule has 0 bridgehead atoms. The molecule has 0 aromatic heterocycles. The summed E-state index contributed by atoms with van der Waals surface area (Å²) in [4.78, 5) is 53.5. The average Bonchev–Trinajstić information content (AvgIpc) is 3.15. The van der Waals surface area contributed by atoms with E-state index in [1.54, 1.807) is 48.5 Å². The Morgan fingerprint density at radius 2 is 1.22 bits per heavy atom. The van der Waals surface area contributed by atoms with Crippen molar-refractivity contribution >= 4 is 29.4 Å². The maximum Gasteiger partial charge on any atom is 0.328 e. The summed E-state index contributed by atoms with van der Waals surface area (Å²) in [5.41, 5.74) is 2.68. The molecule has 268 valence electrons. The van der Waals surface area contributed by atoms with Gasteiger partial charge in [-0.05, 0) is 73.0 Å². The average molecular weight is 698 g/mol. The fourth-order valence-corrected chi connectivity index (χ4v) is 4.94. The number of anilines is 1. The van der Waals surface area contributed by atoms with Gasteiger partial charge in [0.25, 0.3) is 5.91 Å². The monoisotopic (exact) mass is 697 g/mol. The van der Waals surface area contributed by atoms with Crippen molar-refractivity contribution in [3.8, 4) is 11.5 Å². The Kier molecular flexibility index (Phi) is 15.0. The molecule has 51 heavy (non-hydrogen) atoms. The van der Waals surface area contributed by atoms with E-state index in [1.807, 2.05) is 65.6 Å². The van der Waals surface area contributed by atoms with Crippen LogP contribution in [0.3, 0.4) is 0 Å². The van der Waals surface area contributed by atoms with Gasteiger partial charge in [0.2, 0.25) is 5.91 Å².